The molecule has 0 spiro atoms. The summed E-state index contributed by atoms with van der Waals surface area (Å²) in [6.45, 7) is 6.70. The predicted octanol–water partition coefficient (Wildman–Crippen LogP) is 3.12. The van der Waals surface area contributed by atoms with E-state index in [4.69, 9.17) is 5.26 Å². The van der Waals surface area contributed by atoms with Crippen LogP contribution in [0.5, 0.6) is 0 Å². The molecule has 0 saturated heterocycles. The highest BCUT2D eigenvalue weighted by Gasteiger charge is 2.00. The molecule has 0 N–H and O–H groups in total. The van der Waals surface area contributed by atoms with Crippen molar-refractivity contribution in [1.82, 2.24) is 0 Å². The average molecular weight is 241 g/mol. The number of methoxy groups -OCH3 is 1. The number of carbonyl (C=O) groups is 1. The summed E-state index contributed by atoms with van der Waals surface area (Å²) in [5.74, 6) is -0.405. The predicted molar refractivity (Wildman–Crippen MR) is 72.4 cm³/mol. The first-order valence-electron chi connectivity index (χ1n) is 5.16. The Balaban J connectivity index is 0.000000631. The molecule has 92 valence electrons. The minimum Gasteiger partial charge on any atom is -0.465 e. The normalized spacial score (nSPS) is 8.67. The van der Waals surface area contributed by atoms with Gasteiger partial charge in [0.05, 0.1) is 18.8 Å². The fraction of sp³-hybridized carbons (Fsp3) is 0.0667. The molecule has 3 nitrogen and oxygen atoms in total. The van der Waals surface area contributed by atoms with Gasteiger partial charge in [-0.2, -0.15) is 5.26 Å². The lowest BCUT2D eigenvalue weighted by molar-refractivity contribution is -0.135. The van der Waals surface area contributed by atoms with Gasteiger partial charge in [0.15, 0.2) is 0 Å². The third-order valence-electron chi connectivity index (χ3n) is 1.82. The van der Waals surface area contributed by atoms with Crippen LogP contribution in [0.3, 0.4) is 0 Å². The SMILES string of the molecule is C=C(C=Cc1ccccc1)C(=O)OC.C=CC#N. The van der Waals surface area contributed by atoms with E-state index in [-0.39, 0.29) is 0 Å². The first-order chi connectivity index (χ1) is 8.65. The number of nitriles is 1. The molecule has 1 aromatic rings. The Kier molecular flexibility index (Phi) is 8.22. The maximum Gasteiger partial charge on any atom is 0.337 e. The van der Waals surface area contributed by atoms with Crippen molar-refractivity contribution in [2.45, 2.75) is 0 Å². The van der Waals surface area contributed by atoms with Crippen LogP contribution in [-0.4, -0.2) is 13.1 Å². The second-order valence-corrected chi connectivity index (χ2v) is 3.09. The lowest BCUT2D eigenvalue weighted by atomic mass is 10.2. The Morgan fingerprint density at radius 3 is 2.39 bits per heavy atom. The molecule has 0 radical (unpaired) electrons. The Morgan fingerprint density at radius 2 is 1.94 bits per heavy atom. The van der Waals surface area contributed by atoms with E-state index in [0.717, 1.165) is 5.56 Å². The summed E-state index contributed by atoms with van der Waals surface area (Å²) in [4.78, 5) is 11.0. The summed E-state index contributed by atoms with van der Waals surface area (Å²) >= 11 is 0. The van der Waals surface area contributed by atoms with Gasteiger partial charge in [-0.3, -0.25) is 0 Å². The van der Waals surface area contributed by atoms with Crippen molar-refractivity contribution in [3.8, 4) is 6.07 Å². The molecule has 0 aliphatic heterocycles. The minimum absolute atomic E-state index is 0.344. The topological polar surface area (TPSA) is 50.1 Å². The Labute approximate surface area is 107 Å². The molecule has 3 heteroatoms. The van der Waals surface area contributed by atoms with Crippen molar-refractivity contribution < 1.29 is 9.53 Å². The second kappa shape index (κ2) is 9.61. The number of hydrogen-bond donors (Lipinski definition) is 0. The van der Waals surface area contributed by atoms with Gasteiger partial charge in [0.25, 0.3) is 0 Å². The maximum atomic E-state index is 11.0. The van der Waals surface area contributed by atoms with Gasteiger partial charge in [0.1, 0.15) is 0 Å². The van der Waals surface area contributed by atoms with E-state index < -0.39 is 5.97 Å². The molecule has 0 atom stereocenters. The molecule has 0 bridgehead atoms. The number of nitrogens with zero attached hydrogens (tertiary/aromatic N) is 1. The quantitative estimate of drug-likeness (QED) is 0.353. The largest absolute Gasteiger partial charge is 0.465 e. The molecule has 0 aliphatic carbocycles. The highest BCUT2D eigenvalue weighted by molar-refractivity contribution is 5.91. The van der Waals surface area contributed by atoms with E-state index in [0.29, 0.717) is 5.57 Å². The number of benzene rings is 1. The Morgan fingerprint density at radius 1 is 1.39 bits per heavy atom. The molecule has 0 amide bonds. The van der Waals surface area contributed by atoms with Crippen LogP contribution in [0.2, 0.25) is 0 Å². The van der Waals surface area contributed by atoms with Gasteiger partial charge in [-0.15, -0.1) is 0 Å². The van der Waals surface area contributed by atoms with E-state index in [1.165, 1.54) is 13.2 Å². The number of allylic oxidation sites excluding steroid dienone is 1. The third kappa shape index (κ3) is 6.81. The van der Waals surface area contributed by atoms with Crippen LogP contribution in [0, 0.1) is 11.3 Å². The van der Waals surface area contributed by atoms with Gasteiger partial charge in [0, 0.05) is 6.08 Å². The molecule has 18 heavy (non-hydrogen) atoms. The smallest absolute Gasteiger partial charge is 0.337 e. The molecular weight excluding hydrogens is 226 g/mol. The van der Waals surface area contributed by atoms with E-state index in [1.807, 2.05) is 36.4 Å². The Bertz CT molecular complexity index is 467. The van der Waals surface area contributed by atoms with Crippen molar-refractivity contribution >= 4 is 12.0 Å². The highest BCUT2D eigenvalue weighted by Crippen LogP contribution is 2.04. The molecule has 0 saturated carbocycles. The van der Waals surface area contributed by atoms with Crippen LogP contribution in [0.25, 0.3) is 6.08 Å². The molecule has 0 aliphatic rings. The van der Waals surface area contributed by atoms with E-state index in [9.17, 15) is 4.79 Å². The zero-order chi connectivity index (χ0) is 13.8. The zero-order valence-corrected chi connectivity index (χ0v) is 10.3. The first kappa shape index (κ1) is 15.4. The highest BCUT2D eigenvalue weighted by atomic mass is 16.5. The standard InChI is InChI=1S/C12H12O2.C3H3N/c1-10(12(13)14-2)8-9-11-6-4-3-5-7-11;1-2-3-4/h3-9H,1H2,2H3;2H,1H2. The van der Waals surface area contributed by atoms with Gasteiger partial charge < -0.3 is 4.74 Å². The van der Waals surface area contributed by atoms with Crippen LogP contribution in [0.4, 0.5) is 0 Å². The summed E-state index contributed by atoms with van der Waals surface area (Å²) in [6.07, 6.45) is 4.64. The monoisotopic (exact) mass is 241 g/mol. The molecule has 0 heterocycles. The number of carbonyl (C=O) groups excluding carboxylic acids is 1. The van der Waals surface area contributed by atoms with Gasteiger partial charge >= 0.3 is 5.97 Å². The fourth-order valence-corrected chi connectivity index (χ4v) is 0.960. The van der Waals surface area contributed by atoms with Crippen LogP contribution in [0.1, 0.15) is 5.56 Å². The maximum absolute atomic E-state index is 11.0. The minimum atomic E-state index is -0.405. The summed E-state index contributed by atoms with van der Waals surface area (Å²) in [5.41, 5.74) is 1.37. The molecular formula is C15H15NO2. The average Bonchev–Trinajstić information content (AvgIpc) is 2.45. The summed E-state index contributed by atoms with van der Waals surface area (Å²) in [6, 6.07) is 11.4. The molecule has 0 aromatic heterocycles. The molecule has 0 unspecified atom stereocenters. The van der Waals surface area contributed by atoms with Crippen molar-refractivity contribution in [2.75, 3.05) is 7.11 Å². The van der Waals surface area contributed by atoms with Crippen molar-refractivity contribution in [1.29, 1.82) is 5.26 Å². The van der Waals surface area contributed by atoms with Crippen LogP contribution < -0.4 is 0 Å². The Hall–Kier alpha value is -2.60. The van der Waals surface area contributed by atoms with Crippen molar-refractivity contribution in [3.05, 3.63) is 66.8 Å². The first-order valence-corrected chi connectivity index (χ1v) is 5.16. The van der Waals surface area contributed by atoms with E-state index in [2.05, 4.69) is 17.9 Å². The van der Waals surface area contributed by atoms with E-state index in [1.54, 1.807) is 12.1 Å². The molecule has 0 fully saturated rings. The van der Waals surface area contributed by atoms with Crippen LogP contribution >= 0.6 is 0 Å². The third-order valence-corrected chi connectivity index (χ3v) is 1.82. The fourth-order valence-electron chi connectivity index (χ4n) is 0.960. The number of rotatable bonds is 3. The number of hydrogen-bond acceptors (Lipinski definition) is 3. The van der Waals surface area contributed by atoms with Crippen molar-refractivity contribution in [2.24, 2.45) is 0 Å². The summed E-state index contributed by atoms with van der Waals surface area (Å²) in [7, 11) is 1.34. The zero-order valence-electron chi connectivity index (χ0n) is 10.3. The summed E-state index contributed by atoms with van der Waals surface area (Å²) in [5, 5.41) is 7.51. The van der Waals surface area contributed by atoms with Gasteiger partial charge in [0.2, 0.25) is 0 Å². The molecule has 1 rings (SSSR count). The van der Waals surface area contributed by atoms with Crippen LogP contribution in [0.15, 0.2) is 61.2 Å². The van der Waals surface area contributed by atoms with Gasteiger partial charge in [-0.05, 0) is 11.6 Å². The number of esters is 1. The van der Waals surface area contributed by atoms with Gasteiger partial charge in [-0.1, -0.05) is 49.6 Å². The van der Waals surface area contributed by atoms with Crippen LogP contribution in [-0.2, 0) is 9.53 Å². The lowest BCUT2D eigenvalue weighted by Gasteiger charge is -1.96. The lowest BCUT2D eigenvalue weighted by Crippen LogP contribution is -2.00. The molecule has 1 aromatic carbocycles. The number of ether oxygens (including phenoxy) is 1. The van der Waals surface area contributed by atoms with Crippen molar-refractivity contribution in [3.63, 3.8) is 0 Å². The second-order valence-electron chi connectivity index (χ2n) is 3.09. The van der Waals surface area contributed by atoms with E-state index >= 15 is 0 Å². The van der Waals surface area contributed by atoms with Gasteiger partial charge in [-0.25, -0.2) is 4.79 Å². The summed E-state index contributed by atoms with van der Waals surface area (Å²) < 4.78 is 4.51.